The Labute approximate surface area is 188 Å². The molecule has 164 valence electrons. The Balaban J connectivity index is 1.77. The van der Waals surface area contributed by atoms with Gasteiger partial charge in [-0.1, -0.05) is 17.3 Å². The second-order valence-electron chi connectivity index (χ2n) is 7.89. The van der Waals surface area contributed by atoms with Gasteiger partial charge in [-0.15, -0.1) is 0 Å². The first-order chi connectivity index (χ1) is 15.9. The molecular formula is C25H20N4O4. The highest BCUT2D eigenvalue weighted by molar-refractivity contribution is 6.04. The van der Waals surface area contributed by atoms with Crippen molar-refractivity contribution in [2.45, 2.75) is 26.8 Å². The van der Waals surface area contributed by atoms with E-state index in [0.29, 0.717) is 33.7 Å². The SMILES string of the molecule is COc1cc2c(cc1-c1c(C)noc1C)ncc1oc(=O)n([C@H](C)c3ccc(C#N)cc3)c12. The molecule has 8 heteroatoms. The highest BCUT2D eigenvalue weighted by atomic mass is 16.5. The molecule has 0 aliphatic rings. The highest BCUT2D eigenvalue weighted by Gasteiger charge is 2.22. The van der Waals surface area contributed by atoms with Gasteiger partial charge in [-0.25, -0.2) is 4.79 Å². The Kier molecular flexibility index (Phi) is 4.75. The molecule has 5 aromatic rings. The molecule has 0 unspecified atom stereocenters. The van der Waals surface area contributed by atoms with E-state index in [1.165, 1.54) is 0 Å². The van der Waals surface area contributed by atoms with Gasteiger partial charge < -0.3 is 13.7 Å². The number of hydrogen-bond donors (Lipinski definition) is 0. The molecule has 3 heterocycles. The predicted molar refractivity (Wildman–Crippen MR) is 122 cm³/mol. The second-order valence-corrected chi connectivity index (χ2v) is 7.89. The van der Waals surface area contributed by atoms with Crippen LogP contribution in [0.15, 0.2) is 56.3 Å². The number of rotatable bonds is 4. The first-order valence-corrected chi connectivity index (χ1v) is 10.4. The topological polar surface area (TPSA) is 107 Å². The largest absolute Gasteiger partial charge is 0.496 e. The average Bonchev–Trinajstić information content (AvgIpc) is 3.35. The van der Waals surface area contributed by atoms with Crippen molar-refractivity contribution < 1.29 is 13.7 Å². The smallest absolute Gasteiger partial charge is 0.420 e. The number of fused-ring (bicyclic) bond motifs is 3. The third kappa shape index (κ3) is 3.17. The van der Waals surface area contributed by atoms with E-state index in [0.717, 1.165) is 27.8 Å². The van der Waals surface area contributed by atoms with Gasteiger partial charge in [0, 0.05) is 10.9 Å². The van der Waals surface area contributed by atoms with Crippen molar-refractivity contribution in [2.75, 3.05) is 7.11 Å². The molecule has 33 heavy (non-hydrogen) atoms. The van der Waals surface area contributed by atoms with Crippen molar-refractivity contribution in [1.29, 1.82) is 5.26 Å². The fraction of sp³-hybridized carbons (Fsp3) is 0.200. The van der Waals surface area contributed by atoms with E-state index < -0.39 is 5.76 Å². The molecule has 5 rings (SSSR count). The quantitative estimate of drug-likeness (QED) is 0.391. The predicted octanol–water partition coefficient (Wildman–Crippen LogP) is 4.90. The molecule has 3 aromatic heterocycles. The molecule has 0 amide bonds. The maximum atomic E-state index is 12.9. The molecule has 0 N–H and O–H groups in total. The number of aryl methyl sites for hydroxylation is 2. The van der Waals surface area contributed by atoms with Gasteiger partial charge in [-0.05, 0) is 50.6 Å². The summed E-state index contributed by atoms with van der Waals surface area (Å²) in [5.41, 5.74) is 5.55. The third-order valence-corrected chi connectivity index (χ3v) is 5.97. The second kappa shape index (κ2) is 7.64. The minimum atomic E-state index is -0.482. The Morgan fingerprint density at radius 3 is 2.58 bits per heavy atom. The lowest BCUT2D eigenvalue weighted by atomic mass is 10.00. The van der Waals surface area contributed by atoms with E-state index in [1.54, 1.807) is 30.0 Å². The van der Waals surface area contributed by atoms with Gasteiger partial charge in [0.25, 0.3) is 0 Å². The van der Waals surface area contributed by atoms with Gasteiger partial charge in [0.1, 0.15) is 17.0 Å². The zero-order chi connectivity index (χ0) is 23.3. The van der Waals surface area contributed by atoms with Crippen LogP contribution in [0.4, 0.5) is 0 Å². The van der Waals surface area contributed by atoms with E-state index in [2.05, 4.69) is 16.2 Å². The zero-order valence-corrected chi connectivity index (χ0v) is 18.5. The zero-order valence-electron chi connectivity index (χ0n) is 18.5. The summed E-state index contributed by atoms with van der Waals surface area (Å²) in [6.45, 7) is 5.64. The maximum Gasteiger partial charge on any atom is 0.420 e. The van der Waals surface area contributed by atoms with Crippen LogP contribution in [0.1, 0.15) is 35.5 Å². The van der Waals surface area contributed by atoms with Gasteiger partial charge in [-0.2, -0.15) is 5.26 Å². The molecule has 0 fully saturated rings. The van der Waals surface area contributed by atoms with E-state index in [4.69, 9.17) is 18.9 Å². The monoisotopic (exact) mass is 440 g/mol. The Bertz CT molecular complexity index is 1600. The summed E-state index contributed by atoms with van der Waals surface area (Å²) in [6.07, 6.45) is 1.56. The van der Waals surface area contributed by atoms with Crippen molar-refractivity contribution in [3.05, 3.63) is 75.7 Å². The number of aromatic nitrogens is 3. The summed E-state index contributed by atoms with van der Waals surface area (Å²) < 4.78 is 18.2. The van der Waals surface area contributed by atoms with Crippen LogP contribution >= 0.6 is 0 Å². The molecule has 0 spiro atoms. The fourth-order valence-corrected chi connectivity index (χ4v) is 4.31. The lowest BCUT2D eigenvalue weighted by Gasteiger charge is -2.15. The van der Waals surface area contributed by atoms with Crippen molar-refractivity contribution in [3.63, 3.8) is 0 Å². The van der Waals surface area contributed by atoms with Crippen LogP contribution in [0, 0.1) is 25.2 Å². The molecule has 0 bridgehead atoms. The van der Waals surface area contributed by atoms with Crippen LogP contribution < -0.4 is 10.5 Å². The van der Waals surface area contributed by atoms with Crippen LogP contribution in [-0.4, -0.2) is 21.8 Å². The molecule has 1 atom stereocenters. The maximum absolute atomic E-state index is 12.9. The molecule has 2 aromatic carbocycles. The Morgan fingerprint density at radius 2 is 1.94 bits per heavy atom. The summed E-state index contributed by atoms with van der Waals surface area (Å²) in [5, 5.41) is 13.9. The number of hydrogen-bond acceptors (Lipinski definition) is 7. The molecule has 0 aliphatic heterocycles. The number of ether oxygens (including phenoxy) is 1. The van der Waals surface area contributed by atoms with E-state index in [-0.39, 0.29) is 6.04 Å². The fourth-order valence-electron chi connectivity index (χ4n) is 4.31. The van der Waals surface area contributed by atoms with Crippen LogP contribution in [0.25, 0.3) is 33.1 Å². The van der Waals surface area contributed by atoms with Gasteiger partial charge in [0.2, 0.25) is 0 Å². The molecule has 0 radical (unpaired) electrons. The molecular weight excluding hydrogens is 420 g/mol. The van der Waals surface area contributed by atoms with Crippen LogP contribution in [0.2, 0.25) is 0 Å². The summed E-state index contributed by atoms with van der Waals surface area (Å²) in [4.78, 5) is 17.4. The summed E-state index contributed by atoms with van der Waals surface area (Å²) in [6, 6.07) is 12.7. The number of benzene rings is 2. The summed E-state index contributed by atoms with van der Waals surface area (Å²) >= 11 is 0. The number of methoxy groups -OCH3 is 1. The lowest BCUT2D eigenvalue weighted by molar-refractivity contribution is 0.393. The molecule has 0 saturated heterocycles. The number of nitriles is 1. The van der Waals surface area contributed by atoms with Crippen LogP contribution in [0.3, 0.4) is 0 Å². The molecule has 0 saturated carbocycles. The first kappa shape index (κ1) is 20.5. The van der Waals surface area contributed by atoms with Crippen molar-refractivity contribution in [3.8, 4) is 22.9 Å². The van der Waals surface area contributed by atoms with E-state index >= 15 is 0 Å². The normalized spacial score (nSPS) is 12.2. The number of nitrogens with zero attached hydrogens (tertiary/aromatic N) is 4. The van der Waals surface area contributed by atoms with Crippen LogP contribution in [-0.2, 0) is 0 Å². The van der Waals surface area contributed by atoms with Gasteiger partial charge >= 0.3 is 5.76 Å². The van der Waals surface area contributed by atoms with Gasteiger partial charge in [0.15, 0.2) is 5.58 Å². The van der Waals surface area contributed by atoms with E-state index in [1.807, 2.05) is 45.0 Å². The van der Waals surface area contributed by atoms with Crippen molar-refractivity contribution in [2.24, 2.45) is 0 Å². The average molecular weight is 440 g/mol. The highest BCUT2D eigenvalue weighted by Crippen LogP contribution is 2.39. The summed E-state index contributed by atoms with van der Waals surface area (Å²) in [7, 11) is 1.60. The number of oxazole rings is 1. The van der Waals surface area contributed by atoms with E-state index in [9.17, 15) is 4.79 Å². The molecule has 8 nitrogen and oxygen atoms in total. The summed E-state index contributed by atoms with van der Waals surface area (Å²) in [5.74, 6) is 0.809. The number of pyridine rings is 1. The van der Waals surface area contributed by atoms with Crippen LogP contribution in [0.5, 0.6) is 5.75 Å². The van der Waals surface area contributed by atoms with Crippen molar-refractivity contribution >= 4 is 22.0 Å². The Hall–Kier alpha value is -4.38. The minimum absolute atomic E-state index is 0.328. The minimum Gasteiger partial charge on any atom is -0.496 e. The van der Waals surface area contributed by atoms with Crippen molar-refractivity contribution in [1.82, 2.24) is 14.7 Å². The van der Waals surface area contributed by atoms with Gasteiger partial charge in [0.05, 0.1) is 47.8 Å². The standard InChI is InChI=1S/C25H20N4O4/c1-13-23(15(3)33-28-13)19-9-20-18(10-21(19)31-4)24-22(12-27-20)32-25(30)29(24)14(2)17-7-5-16(11-26)6-8-17/h5-10,12,14H,1-4H3/t14-/m1/s1. The lowest BCUT2D eigenvalue weighted by Crippen LogP contribution is -2.19. The first-order valence-electron chi connectivity index (χ1n) is 10.4. The van der Waals surface area contributed by atoms with Gasteiger partial charge in [-0.3, -0.25) is 9.55 Å². The molecule has 0 aliphatic carbocycles. The third-order valence-electron chi connectivity index (χ3n) is 5.97. The Morgan fingerprint density at radius 1 is 1.18 bits per heavy atom.